The van der Waals surface area contributed by atoms with Gasteiger partial charge in [0.25, 0.3) is 0 Å². The van der Waals surface area contributed by atoms with Crippen LogP contribution in [0.3, 0.4) is 0 Å². The van der Waals surface area contributed by atoms with Crippen LogP contribution in [0.2, 0.25) is 0 Å². The van der Waals surface area contributed by atoms with Gasteiger partial charge in [-0.3, -0.25) is 4.79 Å². The Morgan fingerprint density at radius 2 is 1.96 bits per heavy atom. The van der Waals surface area contributed by atoms with Gasteiger partial charge in [-0.25, -0.2) is 0 Å². The van der Waals surface area contributed by atoms with Gasteiger partial charge in [-0.2, -0.15) is 5.21 Å². The quantitative estimate of drug-likeness (QED) is 0.591. The summed E-state index contributed by atoms with van der Waals surface area (Å²) in [6.07, 6.45) is 3.60. The van der Waals surface area contributed by atoms with E-state index in [9.17, 15) is 4.79 Å². The van der Waals surface area contributed by atoms with Gasteiger partial charge >= 0.3 is 0 Å². The van der Waals surface area contributed by atoms with Crippen molar-refractivity contribution in [1.82, 2.24) is 20.6 Å². The molecule has 0 saturated carbocycles. The van der Waals surface area contributed by atoms with Crippen LogP contribution in [0.4, 0.5) is 0 Å². The van der Waals surface area contributed by atoms with E-state index < -0.39 is 0 Å². The standard InChI is InChI=1S/C21H16N4O2/c1-12-2-4-13(5-3-12)10-14-6-8-16-19(26)17-11-15(21-22-24-25-23-21)7-9-18(17)27-20(14)16/h2-5,7,9-11H,6,8H2,1H3,(H,22,23,24,25). The molecule has 0 atom stereocenters. The summed E-state index contributed by atoms with van der Waals surface area (Å²) in [7, 11) is 0. The van der Waals surface area contributed by atoms with Crippen LogP contribution < -0.4 is 5.43 Å². The van der Waals surface area contributed by atoms with E-state index in [2.05, 4.69) is 57.9 Å². The van der Waals surface area contributed by atoms with Gasteiger partial charge in [0.2, 0.25) is 5.82 Å². The number of hydrogen-bond donors (Lipinski definition) is 1. The molecular weight excluding hydrogens is 340 g/mol. The van der Waals surface area contributed by atoms with Gasteiger partial charge in [-0.1, -0.05) is 29.8 Å². The van der Waals surface area contributed by atoms with Gasteiger partial charge in [0.1, 0.15) is 11.3 Å². The van der Waals surface area contributed by atoms with Crippen LogP contribution in [-0.2, 0) is 6.42 Å². The van der Waals surface area contributed by atoms with Crippen LogP contribution in [-0.4, -0.2) is 20.6 Å². The predicted molar refractivity (Wildman–Crippen MR) is 103 cm³/mol. The molecule has 1 N–H and O–H groups in total. The maximum absolute atomic E-state index is 13.0. The van der Waals surface area contributed by atoms with Crippen molar-refractivity contribution in [3.8, 4) is 11.4 Å². The largest absolute Gasteiger partial charge is 0.456 e. The number of fused-ring (bicyclic) bond motifs is 2. The number of aromatic nitrogens is 4. The number of hydrogen-bond acceptors (Lipinski definition) is 5. The molecule has 5 rings (SSSR count). The first-order chi connectivity index (χ1) is 13.2. The van der Waals surface area contributed by atoms with E-state index in [1.54, 1.807) is 12.1 Å². The van der Waals surface area contributed by atoms with E-state index in [0.29, 0.717) is 29.0 Å². The van der Waals surface area contributed by atoms with E-state index >= 15 is 0 Å². The second-order valence-electron chi connectivity index (χ2n) is 6.77. The molecule has 0 spiro atoms. The minimum Gasteiger partial charge on any atom is -0.456 e. The summed E-state index contributed by atoms with van der Waals surface area (Å²) in [5.74, 6) is 1.16. The lowest BCUT2D eigenvalue weighted by Crippen LogP contribution is -2.08. The van der Waals surface area contributed by atoms with Gasteiger partial charge < -0.3 is 4.42 Å². The first-order valence-corrected chi connectivity index (χ1v) is 8.80. The lowest BCUT2D eigenvalue weighted by Gasteiger charge is -2.05. The third-order valence-corrected chi connectivity index (χ3v) is 4.94. The van der Waals surface area contributed by atoms with E-state index in [0.717, 1.165) is 28.7 Å². The van der Waals surface area contributed by atoms with Crippen LogP contribution in [0.25, 0.3) is 34.0 Å². The number of allylic oxidation sites excluding steroid dienone is 1. The molecule has 132 valence electrons. The second-order valence-corrected chi connectivity index (χ2v) is 6.77. The predicted octanol–water partition coefficient (Wildman–Crippen LogP) is 3.77. The molecule has 0 fully saturated rings. The van der Waals surface area contributed by atoms with E-state index in [4.69, 9.17) is 4.42 Å². The molecule has 2 aromatic heterocycles. The molecule has 4 aromatic rings. The lowest BCUT2D eigenvalue weighted by molar-refractivity contribution is 0.585. The molecule has 6 heteroatoms. The number of aromatic amines is 1. The Hall–Kier alpha value is -3.54. The molecule has 0 saturated heterocycles. The molecule has 27 heavy (non-hydrogen) atoms. The average Bonchev–Trinajstić information content (AvgIpc) is 3.35. The Morgan fingerprint density at radius 3 is 2.74 bits per heavy atom. The fourth-order valence-electron chi connectivity index (χ4n) is 3.52. The topological polar surface area (TPSA) is 84.7 Å². The summed E-state index contributed by atoms with van der Waals surface area (Å²) in [4.78, 5) is 13.0. The number of rotatable bonds is 2. The summed E-state index contributed by atoms with van der Waals surface area (Å²) in [5, 5.41) is 14.5. The van der Waals surface area contributed by atoms with Crippen molar-refractivity contribution in [3.63, 3.8) is 0 Å². The van der Waals surface area contributed by atoms with Crippen LogP contribution in [0.5, 0.6) is 0 Å². The second kappa shape index (κ2) is 6.02. The molecule has 1 aliphatic rings. The maximum atomic E-state index is 13.0. The normalized spacial score (nSPS) is 14.8. The number of H-pyrrole nitrogens is 1. The Morgan fingerprint density at radius 1 is 1.11 bits per heavy atom. The molecule has 0 amide bonds. The van der Waals surface area contributed by atoms with Crippen molar-refractivity contribution >= 4 is 22.6 Å². The number of nitrogens with zero attached hydrogens (tertiary/aromatic N) is 3. The highest BCUT2D eigenvalue weighted by molar-refractivity contribution is 5.88. The van der Waals surface area contributed by atoms with Crippen LogP contribution in [0.15, 0.2) is 51.7 Å². The average molecular weight is 356 g/mol. The lowest BCUT2D eigenvalue weighted by atomic mass is 10.1. The molecule has 2 heterocycles. The molecule has 0 radical (unpaired) electrons. The zero-order chi connectivity index (χ0) is 18.4. The van der Waals surface area contributed by atoms with Gasteiger partial charge in [0, 0.05) is 11.1 Å². The van der Waals surface area contributed by atoms with E-state index in [1.807, 2.05) is 6.07 Å². The highest BCUT2D eigenvalue weighted by Crippen LogP contribution is 2.34. The van der Waals surface area contributed by atoms with Crippen molar-refractivity contribution in [3.05, 3.63) is 75.1 Å². The summed E-state index contributed by atoms with van der Waals surface area (Å²) in [6, 6.07) is 13.7. The highest BCUT2D eigenvalue weighted by atomic mass is 16.3. The van der Waals surface area contributed by atoms with Crippen molar-refractivity contribution in [2.75, 3.05) is 0 Å². The van der Waals surface area contributed by atoms with Crippen LogP contribution in [0, 0.1) is 6.92 Å². The van der Waals surface area contributed by atoms with Crippen molar-refractivity contribution in [2.24, 2.45) is 0 Å². The Kier molecular flexibility index (Phi) is 3.50. The molecule has 0 bridgehead atoms. The van der Waals surface area contributed by atoms with E-state index in [1.165, 1.54) is 5.56 Å². The SMILES string of the molecule is Cc1ccc(C=C2CCc3c2oc2ccc(-c4nn[nH]n4)cc2c3=O)cc1. The smallest absolute Gasteiger partial charge is 0.204 e. The fraction of sp³-hybridized carbons (Fsp3) is 0.143. The van der Waals surface area contributed by atoms with Crippen molar-refractivity contribution < 1.29 is 4.42 Å². The third kappa shape index (κ3) is 2.66. The first kappa shape index (κ1) is 15.7. The monoisotopic (exact) mass is 356 g/mol. The van der Waals surface area contributed by atoms with Gasteiger partial charge in [0.05, 0.1) is 5.39 Å². The van der Waals surface area contributed by atoms with Crippen LogP contribution in [0.1, 0.15) is 28.9 Å². The van der Waals surface area contributed by atoms with Crippen molar-refractivity contribution in [1.29, 1.82) is 0 Å². The molecule has 1 aliphatic carbocycles. The Labute approximate surface area is 154 Å². The van der Waals surface area contributed by atoms with Crippen LogP contribution >= 0.6 is 0 Å². The zero-order valence-corrected chi connectivity index (χ0v) is 14.7. The number of tetrazole rings is 1. The molecule has 0 unspecified atom stereocenters. The van der Waals surface area contributed by atoms with Crippen molar-refractivity contribution in [2.45, 2.75) is 19.8 Å². The third-order valence-electron chi connectivity index (χ3n) is 4.94. The Balaban J connectivity index is 1.64. The molecular formula is C21H16N4O2. The molecule has 6 nitrogen and oxygen atoms in total. The fourth-order valence-corrected chi connectivity index (χ4v) is 3.52. The maximum Gasteiger partial charge on any atom is 0.204 e. The zero-order valence-electron chi connectivity index (χ0n) is 14.7. The highest BCUT2D eigenvalue weighted by Gasteiger charge is 2.24. The number of benzene rings is 2. The Bertz CT molecular complexity index is 1240. The van der Waals surface area contributed by atoms with E-state index in [-0.39, 0.29) is 5.43 Å². The first-order valence-electron chi connectivity index (χ1n) is 8.80. The summed E-state index contributed by atoms with van der Waals surface area (Å²) in [5.41, 5.74) is 5.46. The number of nitrogens with one attached hydrogen (secondary N) is 1. The number of aryl methyl sites for hydroxylation is 1. The van der Waals surface area contributed by atoms with Gasteiger partial charge in [-0.05, 0) is 60.4 Å². The minimum absolute atomic E-state index is 0.0175. The summed E-state index contributed by atoms with van der Waals surface area (Å²) in [6.45, 7) is 2.07. The molecule has 2 aromatic carbocycles. The summed E-state index contributed by atoms with van der Waals surface area (Å²) < 4.78 is 6.13. The molecule has 0 aliphatic heterocycles. The van der Waals surface area contributed by atoms with Gasteiger partial charge in [0.15, 0.2) is 5.43 Å². The minimum atomic E-state index is 0.0175. The summed E-state index contributed by atoms with van der Waals surface area (Å²) >= 11 is 0. The van der Waals surface area contributed by atoms with Gasteiger partial charge in [-0.15, -0.1) is 10.2 Å².